The Bertz CT molecular complexity index is 706. The van der Waals surface area contributed by atoms with Crippen molar-refractivity contribution in [2.45, 2.75) is 6.54 Å². The number of fused-ring (bicyclic) bond motifs is 3. The second-order valence-electron chi connectivity index (χ2n) is 3.88. The van der Waals surface area contributed by atoms with Crippen LogP contribution in [0.4, 0.5) is 4.39 Å². The van der Waals surface area contributed by atoms with Crippen molar-refractivity contribution in [2.75, 3.05) is 0 Å². The lowest BCUT2D eigenvalue weighted by molar-refractivity contribution is 0.0563. The number of esters is 1. The Morgan fingerprint density at radius 1 is 1.44 bits per heavy atom. The van der Waals surface area contributed by atoms with Crippen LogP contribution in [0, 0.1) is 9.39 Å². The second-order valence-corrected chi connectivity index (χ2v) is 5.58. The first-order valence-corrected chi connectivity index (χ1v) is 7.43. The third-order valence-corrected chi connectivity index (χ3v) is 4.60. The maximum Gasteiger partial charge on any atom is 0.361 e. The standard InChI is InChI=1S/C12H6FI2NO2/c13-6-1-2-9-8(3-6)10(15)11-12(17)18-7(4-14)5-16(9)11/h1-4H,5H2/b7-4+. The first kappa shape index (κ1) is 12.4. The molecule has 0 bridgehead atoms. The SMILES string of the molecule is O=C1O/C(=C/I)Cn2c1c(I)c1cc(F)ccc12. The Morgan fingerprint density at radius 3 is 2.94 bits per heavy atom. The van der Waals surface area contributed by atoms with Crippen LogP contribution in [0.15, 0.2) is 28.0 Å². The number of allylic oxidation sites excluding steroid dienone is 1. The molecule has 2 aromatic rings. The topological polar surface area (TPSA) is 31.2 Å². The van der Waals surface area contributed by atoms with Gasteiger partial charge in [0.2, 0.25) is 0 Å². The highest BCUT2D eigenvalue weighted by Gasteiger charge is 2.28. The minimum absolute atomic E-state index is 0.304. The van der Waals surface area contributed by atoms with Crippen molar-refractivity contribution < 1.29 is 13.9 Å². The molecule has 1 aromatic heterocycles. The van der Waals surface area contributed by atoms with Crippen molar-refractivity contribution in [1.82, 2.24) is 4.57 Å². The molecule has 0 fully saturated rings. The van der Waals surface area contributed by atoms with E-state index in [4.69, 9.17) is 4.74 Å². The molecule has 1 aliphatic rings. The summed E-state index contributed by atoms with van der Waals surface area (Å²) in [5.41, 5.74) is 1.35. The van der Waals surface area contributed by atoms with Crippen LogP contribution < -0.4 is 0 Å². The van der Waals surface area contributed by atoms with Crippen molar-refractivity contribution in [3.05, 3.63) is 43.1 Å². The minimum Gasteiger partial charge on any atom is -0.424 e. The third kappa shape index (κ3) is 1.77. The molecule has 0 saturated carbocycles. The molecule has 0 amide bonds. The van der Waals surface area contributed by atoms with E-state index in [-0.39, 0.29) is 11.8 Å². The maximum atomic E-state index is 13.3. The van der Waals surface area contributed by atoms with Gasteiger partial charge in [-0.1, -0.05) is 0 Å². The zero-order valence-electron chi connectivity index (χ0n) is 8.91. The number of aromatic nitrogens is 1. The number of cyclic esters (lactones) is 1. The van der Waals surface area contributed by atoms with E-state index in [1.807, 2.05) is 27.2 Å². The highest BCUT2D eigenvalue weighted by Crippen LogP contribution is 2.32. The van der Waals surface area contributed by atoms with Crippen LogP contribution in [0.1, 0.15) is 10.5 Å². The number of carbonyl (C=O) groups is 1. The van der Waals surface area contributed by atoms with Crippen LogP contribution in [0.2, 0.25) is 0 Å². The number of carbonyl (C=O) groups excluding carboxylic acids is 1. The van der Waals surface area contributed by atoms with Gasteiger partial charge < -0.3 is 9.30 Å². The van der Waals surface area contributed by atoms with E-state index in [1.165, 1.54) is 12.1 Å². The lowest BCUT2D eigenvalue weighted by Gasteiger charge is -2.18. The fraction of sp³-hybridized carbons (Fsp3) is 0.0833. The molecule has 0 unspecified atom stereocenters. The van der Waals surface area contributed by atoms with E-state index < -0.39 is 0 Å². The van der Waals surface area contributed by atoms with Crippen molar-refractivity contribution in [2.24, 2.45) is 0 Å². The normalized spacial score (nSPS) is 17.1. The predicted molar refractivity (Wildman–Crippen MR) is 82.1 cm³/mol. The van der Waals surface area contributed by atoms with Crippen LogP contribution in [0.3, 0.4) is 0 Å². The van der Waals surface area contributed by atoms with Crippen LogP contribution in [-0.4, -0.2) is 10.5 Å². The van der Waals surface area contributed by atoms with Gasteiger partial charge in [0.1, 0.15) is 17.3 Å². The summed E-state index contributed by atoms with van der Waals surface area (Å²) >= 11 is 4.10. The van der Waals surface area contributed by atoms with Gasteiger partial charge in [-0.25, -0.2) is 9.18 Å². The largest absolute Gasteiger partial charge is 0.424 e. The molecule has 0 atom stereocenters. The van der Waals surface area contributed by atoms with Crippen molar-refractivity contribution in [3.63, 3.8) is 0 Å². The zero-order valence-corrected chi connectivity index (χ0v) is 13.2. The molecule has 3 rings (SSSR count). The Labute approximate surface area is 129 Å². The summed E-state index contributed by atoms with van der Waals surface area (Å²) in [7, 11) is 0. The fourth-order valence-corrected chi connectivity index (χ4v) is 3.33. The average Bonchev–Trinajstić information content (AvgIpc) is 2.63. The van der Waals surface area contributed by atoms with E-state index in [9.17, 15) is 9.18 Å². The molecule has 0 N–H and O–H groups in total. The predicted octanol–water partition coefficient (Wildman–Crippen LogP) is 3.83. The Balaban J connectivity index is 2.36. The molecule has 1 aromatic carbocycles. The lowest BCUT2D eigenvalue weighted by atomic mass is 10.2. The molecule has 2 heterocycles. The maximum absolute atomic E-state index is 13.3. The van der Waals surface area contributed by atoms with Crippen molar-refractivity contribution in [1.29, 1.82) is 0 Å². The Morgan fingerprint density at radius 2 is 2.22 bits per heavy atom. The molecule has 1 aliphatic heterocycles. The van der Waals surface area contributed by atoms with E-state index in [0.717, 1.165) is 14.5 Å². The number of rotatable bonds is 0. The fourth-order valence-electron chi connectivity index (χ4n) is 2.06. The number of benzene rings is 1. The van der Waals surface area contributed by atoms with Gasteiger partial charge in [0, 0.05) is 9.47 Å². The summed E-state index contributed by atoms with van der Waals surface area (Å²) in [6.45, 7) is 0.495. The molecule has 0 spiro atoms. The van der Waals surface area contributed by atoms with Gasteiger partial charge in [-0.15, -0.1) is 0 Å². The van der Waals surface area contributed by atoms with Gasteiger partial charge in [-0.05, 0) is 63.4 Å². The van der Waals surface area contributed by atoms with Crippen LogP contribution >= 0.6 is 45.2 Å². The summed E-state index contributed by atoms with van der Waals surface area (Å²) in [5.74, 6) is -0.0858. The number of hydrogen-bond acceptors (Lipinski definition) is 2. The third-order valence-electron chi connectivity index (χ3n) is 2.82. The van der Waals surface area contributed by atoms with Gasteiger partial charge in [-0.2, -0.15) is 0 Å². The molecule has 0 radical (unpaired) electrons. The average molecular weight is 469 g/mol. The monoisotopic (exact) mass is 469 g/mol. The van der Waals surface area contributed by atoms with Crippen molar-refractivity contribution in [3.8, 4) is 0 Å². The van der Waals surface area contributed by atoms with E-state index in [2.05, 4.69) is 22.6 Å². The number of halogens is 3. The molecular weight excluding hydrogens is 463 g/mol. The Hall–Kier alpha value is -0.640. The molecule has 0 aliphatic carbocycles. The molecule has 3 nitrogen and oxygen atoms in total. The molecule has 6 heteroatoms. The highest BCUT2D eigenvalue weighted by atomic mass is 127. The first-order valence-electron chi connectivity index (χ1n) is 5.10. The van der Waals surface area contributed by atoms with E-state index in [1.54, 1.807) is 10.1 Å². The quantitative estimate of drug-likeness (QED) is 0.434. The smallest absolute Gasteiger partial charge is 0.361 e. The van der Waals surface area contributed by atoms with Crippen molar-refractivity contribution >= 4 is 62.1 Å². The van der Waals surface area contributed by atoms with E-state index in [0.29, 0.717) is 18.0 Å². The lowest BCUT2D eigenvalue weighted by Crippen LogP contribution is -2.21. The summed E-state index contributed by atoms with van der Waals surface area (Å²) < 4.78 is 22.8. The molecule has 92 valence electrons. The van der Waals surface area contributed by atoms with Gasteiger partial charge in [0.25, 0.3) is 0 Å². The van der Waals surface area contributed by atoms with Gasteiger partial charge >= 0.3 is 5.97 Å². The molecule has 18 heavy (non-hydrogen) atoms. The van der Waals surface area contributed by atoms with Gasteiger partial charge in [0.05, 0.1) is 15.6 Å². The minimum atomic E-state index is -0.384. The summed E-state index contributed by atoms with van der Waals surface area (Å²) in [5, 5.41) is 0.747. The number of hydrogen-bond donors (Lipinski definition) is 0. The van der Waals surface area contributed by atoms with Gasteiger partial charge in [-0.3, -0.25) is 0 Å². The van der Waals surface area contributed by atoms with Crippen LogP contribution in [-0.2, 0) is 11.3 Å². The highest BCUT2D eigenvalue weighted by molar-refractivity contribution is 14.1. The molecular formula is C12H6FI2NO2. The van der Waals surface area contributed by atoms with E-state index >= 15 is 0 Å². The Kier molecular flexibility index (Phi) is 3.08. The summed E-state index contributed by atoms with van der Waals surface area (Å²) in [6.07, 6.45) is 0. The zero-order chi connectivity index (χ0) is 12.9. The van der Waals surface area contributed by atoms with Gasteiger partial charge in [0.15, 0.2) is 0 Å². The molecule has 0 saturated heterocycles. The summed E-state index contributed by atoms with van der Waals surface area (Å²) in [4.78, 5) is 11.9. The van der Waals surface area contributed by atoms with Crippen LogP contribution in [0.25, 0.3) is 10.9 Å². The second kappa shape index (κ2) is 4.48. The summed E-state index contributed by atoms with van der Waals surface area (Å²) in [6, 6.07) is 4.54. The number of ether oxygens (including phenoxy) is 1. The number of nitrogens with zero attached hydrogens (tertiary/aromatic N) is 1. The first-order chi connectivity index (χ1) is 8.61. The van der Waals surface area contributed by atoms with Crippen LogP contribution in [0.5, 0.6) is 0 Å².